The number of pyridine rings is 1. The third kappa shape index (κ3) is 3.36. The monoisotopic (exact) mass is 365 g/mol. The minimum atomic E-state index is -0.284. The fourth-order valence-corrected chi connectivity index (χ4v) is 3.69. The van der Waals surface area contributed by atoms with Crippen LogP contribution in [0.1, 0.15) is 5.56 Å². The zero-order valence-corrected chi connectivity index (χ0v) is 14.7. The molecule has 4 nitrogen and oxygen atoms in total. The average molecular weight is 365 g/mol. The number of rotatable bonds is 5. The van der Waals surface area contributed by atoms with Crippen molar-refractivity contribution in [2.24, 2.45) is 0 Å². The first-order valence-corrected chi connectivity index (χ1v) is 9.07. The van der Waals surface area contributed by atoms with E-state index >= 15 is 0 Å². The maximum Gasteiger partial charge on any atom is 0.240 e. The molecule has 4 aromatic rings. The van der Waals surface area contributed by atoms with Crippen LogP contribution < -0.4 is 5.32 Å². The van der Waals surface area contributed by atoms with Crippen molar-refractivity contribution in [2.75, 3.05) is 0 Å². The summed E-state index contributed by atoms with van der Waals surface area (Å²) in [6.07, 6.45) is 3.43. The number of amides is 1. The highest BCUT2D eigenvalue weighted by Gasteiger charge is 2.14. The minimum absolute atomic E-state index is 0.103. The molecule has 1 amide bonds. The Morgan fingerprint density at radius 2 is 2.12 bits per heavy atom. The summed E-state index contributed by atoms with van der Waals surface area (Å²) >= 11 is 1.59. The van der Waals surface area contributed by atoms with Crippen molar-refractivity contribution in [3.8, 4) is 10.6 Å². The van der Waals surface area contributed by atoms with Crippen LogP contribution in [-0.2, 0) is 17.9 Å². The molecule has 0 saturated carbocycles. The third-order valence-corrected chi connectivity index (χ3v) is 5.04. The molecule has 130 valence electrons. The number of carbonyl (C=O) groups is 1. The van der Waals surface area contributed by atoms with E-state index in [0.29, 0.717) is 6.54 Å². The second-order valence-electron chi connectivity index (χ2n) is 5.93. The van der Waals surface area contributed by atoms with Gasteiger partial charge in [0.15, 0.2) is 0 Å². The predicted molar refractivity (Wildman–Crippen MR) is 101 cm³/mol. The number of hydrogen-bond acceptors (Lipinski definition) is 3. The minimum Gasteiger partial charge on any atom is -0.350 e. The van der Waals surface area contributed by atoms with Crippen molar-refractivity contribution >= 4 is 28.1 Å². The quantitative estimate of drug-likeness (QED) is 0.576. The van der Waals surface area contributed by atoms with E-state index in [2.05, 4.69) is 10.3 Å². The van der Waals surface area contributed by atoms with E-state index in [0.717, 1.165) is 27.0 Å². The Bertz CT molecular complexity index is 1040. The van der Waals surface area contributed by atoms with E-state index < -0.39 is 0 Å². The van der Waals surface area contributed by atoms with Crippen LogP contribution in [0.3, 0.4) is 0 Å². The highest BCUT2D eigenvalue weighted by molar-refractivity contribution is 7.13. The first-order valence-electron chi connectivity index (χ1n) is 8.19. The van der Waals surface area contributed by atoms with Gasteiger partial charge in [0.25, 0.3) is 0 Å². The molecule has 6 heteroatoms. The van der Waals surface area contributed by atoms with Crippen LogP contribution in [0.5, 0.6) is 0 Å². The van der Waals surface area contributed by atoms with Gasteiger partial charge < -0.3 is 9.88 Å². The van der Waals surface area contributed by atoms with Crippen molar-refractivity contribution < 1.29 is 9.18 Å². The van der Waals surface area contributed by atoms with Crippen molar-refractivity contribution in [3.05, 3.63) is 77.7 Å². The van der Waals surface area contributed by atoms with E-state index in [-0.39, 0.29) is 18.3 Å². The molecule has 3 heterocycles. The topological polar surface area (TPSA) is 46.9 Å². The third-order valence-electron chi connectivity index (χ3n) is 4.15. The summed E-state index contributed by atoms with van der Waals surface area (Å²) in [5.74, 6) is -0.387. The first kappa shape index (κ1) is 16.5. The standard InChI is InChI=1S/C20H16FN3OS/c21-16-5-6-17-15(9-16)10-18(19-4-2-8-26-19)24(17)13-20(25)23-12-14-3-1-7-22-11-14/h1-11H,12-13H2,(H,23,25). The maximum atomic E-state index is 13.6. The summed E-state index contributed by atoms with van der Waals surface area (Å²) in [4.78, 5) is 17.6. The Balaban J connectivity index is 1.62. The van der Waals surface area contributed by atoms with E-state index in [1.807, 2.05) is 40.3 Å². The molecule has 0 fully saturated rings. The van der Waals surface area contributed by atoms with Crippen LogP contribution in [-0.4, -0.2) is 15.5 Å². The van der Waals surface area contributed by atoms with Crippen LogP contribution in [0.2, 0.25) is 0 Å². The summed E-state index contributed by atoms with van der Waals surface area (Å²) < 4.78 is 15.5. The molecule has 26 heavy (non-hydrogen) atoms. The molecule has 0 spiro atoms. The van der Waals surface area contributed by atoms with E-state index in [4.69, 9.17) is 0 Å². The summed E-state index contributed by atoms with van der Waals surface area (Å²) in [7, 11) is 0. The molecule has 3 aromatic heterocycles. The molecule has 0 aliphatic heterocycles. The van der Waals surface area contributed by atoms with Gasteiger partial charge in [-0.2, -0.15) is 0 Å². The number of hydrogen-bond donors (Lipinski definition) is 1. The van der Waals surface area contributed by atoms with Gasteiger partial charge >= 0.3 is 0 Å². The molecule has 0 aliphatic rings. The summed E-state index contributed by atoms with van der Waals surface area (Å²) in [5.41, 5.74) is 2.70. The fraction of sp³-hybridized carbons (Fsp3) is 0.100. The zero-order chi connectivity index (χ0) is 17.9. The smallest absolute Gasteiger partial charge is 0.240 e. The normalized spacial score (nSPS) is 11.0. The lowest BCUT2D eigenvalue weighted by Gasteiger charge is -2.11. The fourth-order valence-electron chi connectivity index (χ4n) is 2.94. The Morgan fingerprint density at radius 3 is 2.88 bits per heavy atom. The van der Waals surface area contributed by atoms with Crippen LogP contribution in [0, 0.1) is 5.82 Å². The summed E-state index contributed by atoms with van der Waals surface area (Å²) in [6.45, 7) is 0.595. The second-order valence-corrected chi connectivity index (χ2v) is 6.88. The number of halogens is 1. The Hall–Kier alpha value is -2.99. The van der Waals surface area contributed by atoms with Crippen molar-refractivity contribution in [1.82, 2.24) is 14.9 Å². The number of aromatic nitrogens is 2. The molecule has 1 N–H and O–H groups in total. The van der Waals surface area contributed by atoms with Gasteiger partial charge in [0, 0.05) is 29.8 Å². The van der Waals surface area contributed by atoms with Gasteiger partial charge in [-0.25, -0.2) is 4.39 Å². The molecule has 1 aromatic carbocycles. The van der Waals surface area contributed by atoms with Crippen LogP contribution in [0.4, 0.5) is 4.39 Å². The number of thiophene rings is 1. The first-order chi connectivity index (χ1) is 12.7. The molecular formula is C20H16FN3OS. The lowest BCUT2D eigenvalue weighted by molar-refractivity contribution is -0.121. The average Bonchev–Trinajstić information content (AvgIpc) is 3.29. The van der Waals surface area contributed by atoms with E-state index in [1.165, 1.54) is 12.1 Å². The molecule has 0 saturated heterocycles. The van der Waals surface area contributed by atoms with Gasteiger partial charge in [-0.1, -0.05) is 12.1 Å². The SMILES string of the molecule is O=C(Cn1c(-c2cccs2)cc2cc(F)ccc21)NCc1cccnc1. The number of carbonyl (C=O) groups excluding carboxylic acids is 1. The van der Waals surface area contributed by atoms with E-state index in [1.54, 1.807) is 29.8 Å². The van der Waals surface area contributed by atoms with Crippen molar-refractivity contribution in [1.29, 1.82) is 0 Å². The molecule has 0 atom stereocenters. The molecule has 4 rings (SSSR count). The number of fused-ring (bicyclic) bond motifs is 1. The Kier molecular flexibility index (Phi) is 4.50. The molecule has 0 bridgehead atoms. The van der Waals surface area contributed by atoms with Gasteiger partial charge in [0.05, 0.1) is 10.6 Å². The van der Waals surface area contributed by atoms with Gasteiger partial charge in [0.2, 0.25) is 5.91 Å². The van der Waals surface area contributed by atoms with E-state index in [9.17, 15) is 9.18 Å². The molecule has 0 radical (unpaired) electrons. The Morgan fingerprint density at radius 1 is 1.19 bits per heavy atom. The van der Waals surface area contributed by atoms with Crippen molar-refractivity contribution in [3.63, 3.8) is 0 Å². The number of nitrogens with zero attached hydrogens (tertiary/aromatic N) is 2. The lowest BCUT2D eigenvalue weighted by atomic mass is 10.2. The lowest BCUT2D eigenvalue weighted by Crippen LogP contribution is -2.27. The predicted octanol–water partition coefficient (Wildman–Crippen LogP) is 4.22. The second kappa shape index (κ2) is 7.09. The van der Waals surface area contributed by atoms with Crippen LogP contribution >= 0.6 is 11.3 Å². The van der Waals surface area contributed by atoms with Gasteiger partial charge in [-0.05, 0) is 47.3 Å². The summed E-state index contributed by atoms with van der Waals surface area (Å²) in [5, 5.41) is 5.69. The highest BCUT2D eigenvalue weighted by Crippen LogP contribution is 2.31. The molecular weight excluding hydrogens is 349 g/mol. The maximum absolute atomic E-state index is 13.6. The Labute approximate surface area is 153 Å². The number of benzene rings is 1. The zero-order valence-electron chi connectivity index (χ0n) is 13.9. The van der Waals surface area contributed by atoms with Crippen LogP contribution in [0.15, 0.2) is 66.3 Å². The highest BCUT2D eigenvalue weighted by atomic mass is 32.1. The van der Waals surface area contributed by atoms with Gasteiger partial charge in [0.1, 0.15) is 12.4 Å². The largest absolute Gasteiger partial charge is 0.350 e. The molecule has 0 aliphatic carbocycles. The summed E-state index contributed by atoms with van der Waals surface area (Å²) in [6, 6.07) is 14.3. The number of nitrogens with one attached hydrogen (secondary N) is 1. The van der Waals surface area contributed by atoms with Crippen LogP contribution in [0.25, 0.3) is 21.5 Å². The van der Waals surface area contributed by atoms with Gasteiger partial charge in [-0.3, -0.25) is 9.78 Å². The van der Waals surface area contributed by atoms with Crippen molar-refractivity contribution in [2.45, 2.75) is 13.1 Å². The molecule has 0 unspecified atom stereocenters. The van der Waals surface area contributed by atoms with Gasteiger partial charge in [-0.15, -0.1) is 11.3 Å².